The Kier molecular flexibility index (Phi) is 4.30. The average molecular weight is 200 g/mol. The summed E-state index contributed by atoms with van der Waals surface area (Å²) in [6.07, 6.45) is 1.18. The molecule has 0 fully saturated rings. The zero-order valence-electron chi connectivity index (χ0n) is 5.35. The summed E-state index contributed by atoms with van der Waals surface area (Å²) in [6.45, 7) is 0. The van der Waals surface area contributed by atoms with Crippen molar-refractivity contribution in [3.05, 3.63) is 29.6 Å². The highest BCUT2D eigenvalue weighted by molar-refractivity contribution is 6.16. The van der Waals surface area contributed by atoms with E-state index in [2.05, 4.69) is 4.98 Å². The van der Waals surface area contributed by atoms with Gasteiger partial charge in [0, 0.05) is 6.20 Å². The van der Waals surface area contributed by atoms with E-state index in [-0.39, 0.29) is 24.0 Å². The summed E-state index contributed by atoms with van der Waals surface area (Å²) in [5.74, 6) is -1.98. The van der Waals surface area contributed by atoms with Crippen molar-refractivity contribution >= 4 is 24.0 Å². The number of hydrogen-bond donors (Lipinski definition) is 0. The van der Waals surface area contributed by atoms with Gasteiger partial charge in [0.1, 0.15) is 0 Å². The molecule has 0 N–H and O–H groups in total. The third-order valence-corrected chi connectivity index (χ3v) is 1.29. The SMILES string of the molecule is Cl.Fc1ccnc(CCl)c1F. The summed E-state index contributed by atoms with van der Waals surface area (Å²) in [4.78, 5) is 3.51. The normalized spacial score (nSPS) is 9.00. The molecule has 0 aliphatic rings. The highest BCUT2D eigenvalue weighted by atomic mass is 35.5. The number of nitrogens with zero attached hydrogens (tertiary/aromatic N) is 1. The Hall–Kier alpha value is -0.410. The molecular weight excluding hydrogens is 195 g/mol. The van der Waals surface area contributed by atoms with Gasteiger partial charge in [-0.15, -0.1) is 24.0 Å². The third-order valence-electron chi connectivity index (χ3n) is 1.04. The quantitative estimate of drug-likeness (QED) is 0.634. The molecule has 0 aromatic carbocycles. The van der Waals surface area contributed by atoms with Crippen LogP contribution in [0.5, 0.6) is 0 Å². The standard InChI is InChI=1S/C6H4ClF2N.ClH/c7-3-5-6(9)4(8)1-2-10-5;/h1-2H,3H2;1H. The largest absolute Gasteiger partial charge is 0.257 e. The molecule has 1 aromatic rings. The molecule has 0 radical (unpaired) electrons. The Balaban J connectivity index is 0.000001000. The van der Waals surface area contributed by atoms with Crippen LogP contribution in [0.1, 0.15) is 5.69 Å². The lowest BCUT2D eigenvalue weighted by molar-refractivity contribution is 0.496. The minimum absolute atomic E-state index is 0. The summed E-state index contributed by atoms with van der Waals surface area (Å²) in [7, 11) is 0. The van der Waals surface area contributed by atoms with Crippen LogP contribution in [-0.2, 0) is 5.88 Å². The molecule has 11 heavy (non-hydrogen) atoms. The number of rotatable bonds is 1. The van der Waals surface area contributed by atoms with Crippen LogP contribution in [0.2, 0.25) is 0 Å². The molecule has 0 bridgehead atoms. The first-order chi connectivity index (χ1) is 4.75. The van der Waals surface area contributed by atoms with E-state index in [4.69, 9.17) is 11.6 Å². The molecule has 62 valence electrons. The number of halogens is 4. The van der Waals surface area contributed by atoms with E-state index in [1.165, 1.54) is 6.20 Å². The number of pyridine rings is 1. The van der Waals surface area contributed by atoms with Crippen molar-refractivity contribution in [3.63, 3.8) is 0 Å². The highest BCUT2D eigenvalue weighted by Crippen LogP contribution is 2.09. The summed E-state index contributed by atoms with van der Waals surface area (Å²) in [6, 6.07) is 0.950. The lowest BCUT2D eigenvalue weighted by atomic mass is 10.3. The molecule has 0 saturated heterocycles. The second kappa shape index (κ2) is 4.46. The minimum atomic E-state index is -0.961. The molecule has 0 aliphatic carbocycles. The van der Waals surface area contributed by atoms with Crippen molar-refractivity contribution < 1.29 is 8.78 Å². The number of aromatic nitrogens is 1. The van der Waals surface area contributed by atoms with Crippen LogP contribution in [0.15, 0.2) is 12.3 Å². The van der Waals surface area contributed by atoms with Gasteiger partial charge in [-0.05, 0) is 6.07 Å². The first-order valence-corrected chi connectivity index (χ1v) is 3.14. The Morgan fingerprint density at radius 1 is 1.45 bits per heavy atom. The zero-order valence-corrected chi connectivity index (χ0v) is 6.92. The monoisotopic (exact) mass is 199 g/mol. The van der Waals surface area contributed by atoms with E-state index in [0.29, 0.717) is 0 Å². The van der Waals surface area contributed by atoms with Crippen molar-refractivity contribution in [1.82, 2.24) is 4.98 Å². The molecule has 0 atom stereocenters. The molecule has 0 amide bonds. The first-order valence-electron chi connectivity index (χ1n) is 2.60. The molecule has 1 nitrogen and oxygen atoms in total. The second-order valence-corrected chi connectivity index (χ2v) is 1.95. The second-order valence-electron chi connectivity index (χ2n) is 1.69. The fraction of sp³-hybridized carbons (Fsp3) is 0.167. The van der Waals surface area contributed by atoms with E-state index in [0.717, 1.165) is 6.07 Å². The Morgan fingerprint density at radius 2 is 2.09 bits per heavy atom. The van der Waals surface area contributed by atoms with Crippen molar-refractivity contribution in [2.45, 2.75) is 5.88 Å². The van der Waals surface area contributed by atoms with Crippen molar-refractivity contribution in [2.24, 2.45) is 0 Å². The highest BCUT2D eigenvalue weighted by Gasteiger charge is 2.06. The van der Waals surface area contributed by atoms with Crippen molar-refractivity contribution in [3.8, 4) is 0 Å². The summed E-state index contributed by atoms with van der Waals surface area (Å²) < 4.78 is 24.8. The summed E-state index contributed by atoms with van der Waals surface area (Å²) in [5.41, 5.74) is -0.0540. The molecule has 0 spiro atoms. The van der Waals surface area contributed by atoms with E-state index in [9.17, 15) is 8.78 Å². The fourth-order valence-electron chi connectivity index (χ4n) is 0.554. The Bertz CT molecular complexity index is 242. The molecule has 1 heterocycles. The predicted molar refractivity (Wildman–Crippen MR) is 41.0 cm³/mol. The van der Waals surface area contributed by atoms with Crippen LogP contribution in [0, 0.1) is 11.6 Å². The van der Waals surface area contributed by atoms with E-state index in [1.54, 1.807) is 0 Å². The minimum Gasteiger partial charge on any atom is -0.257 e. The van der Waals surface area contributed by atoms with E-state index < -0.39 is 11.6 Å². The van der Waals surface area contributed by atoms with Crippen molar-refractivity contribution in [1.29, 1.82) is 0 Å². The molecule has 0 unspecified atom stereocenters. The molecule has 5 heteroatoms. The topological polar surface area (TPSA) is 12.9 Å². The van der Waals surface area contributed by atoms with Gasteiger partial charge in [-0.3, -0.25) is 4.98 Å². The van der Waals surface area contributed by atoms with Gasteiger partial charge < -0.3 is 0 Å². The van der Waals surface area contributed by atoms with Gasteiger partial charge in [-0.2, -0.15) is 0 Å². The van der Waals surface area contributed by atoms with Crippen LogP contribution < -0.4 is 0 Å². The Labute approximate surface area is 73.8 Å². The van der Waals surface area contributed by atoms with Gasteiger partial charge in [0.15, 0.2) is 11.6 Å². The van der Waals surface area contributed by atoms with Gasteiger partial charge >= 0.3 is 0 Å². The van der Waals surface area contributed by atoms with Gasteiger partial charge in [-0.1, -0.05) is 0 Å². The lowest BCUT2D eigenvalue weighted by Gasteiger charge is -1.95. The van der Waals surface area contributed by atoms with E-state index in [1.807, 2.05) is 0 Å². The number of hydrogen-bond acceptors (Lipinski definition) is 1. The van der Waals surface area contributed by atoms with Crippen molar-refractivity contribution in [2.75, 3.05) is 0 Å². The fourth-order valence-corrected chi connectivity index (χ4v) is 0.740. The average Bonchev–Trinajstić information content (AvgIpc) is 1.95. The number of alkyl halides is 1. The van der Waals surface area contributed by atoms with Gasteiger partial charge in [0.25, 0.3) is 0 Å². The van der Waals surface area contributed by atoms with Gasteiger partial charge in [-0.25, -0.2) is 8.78 Å². The zero-order chi connectivity index (χ0) is 7.56. The van der Waals surface area contributed by atoms with Crippen LogP contribution in [0.4, 0.5) is 8.78 Å². The van der Waals surface area contributed by atoms with Crippen LogP contribution in [-0.4, -0.2) is 4.98 Å². The maximum absolute atomic E-state index is 12.5. The lowest BCUT2D eigenvalue weighted by Crippen LogP contribution is -1.93. The summed E-state index contributed by atoms with van der Waals surface area (Å²) in [5, 5.41) is 0. The Morgan fingerprint density at radius 3 is 2.55 bits per heavy atom. The van der Waals surface area contributed by atoms with Crippen LogP contribution in [0.25, 0.3) is 0 Å². The van der Waals surface area contributed by atoms with Crippen LogP contribution in [0.3, 0.4) is 0 Å². The molecule has 1 rings (SSSR count). The first kappa shape index (κ1) is 10.6. The molecular formula is C6H5Cl2F2N. The molecule has 0 saturated carbocycles. The van der Waals surface area contributed by atoms with E-state index >= 15 is 0 Å². The maximum atomic E-state index is 12.5. The van der Waals surface area contributed by atoms with Crippen LogP contribution >= 0.6 is 24.0 Å². The smallest absolute Gasteiger partial charge is 0.181 e. The van der Waals surface area contributed by atoms with Gasteiger partial charge in [0.2, 0.25) is 0 Å². The molecule has 0 aliphatic heterocycles. The third kappa shape index (κ3) is 2.27. The maximum Gasteiger partial charge on any atom is 0.181 e. The summed E-state index contributed by atoms with van der Waals surface area (Å²) >= 11 is 5.24. The molecule has 1 aromatic heterocycles. The van der Waals surface area contributed by atoms with Gasteiger partial charge in [0.05, 0.1) is 11.6 Å². The predicted octanol–water partition coefficient (Wildman–Crippen LogP) is 2.52.